The lowest BCUT2D eigenvalue weighted by Gasteiger charge is -2.26. The second-order valence-corrected chi connectivity index (χ2v) is 7.64. The molecule has 2 heterocycles. The Hall–Kier alpha value is -3.47. The molecule has 5 nitrogen and oxygen atoms in total. The Labute approximate surface area is 170 Å². The first kappa shape index (κ1) is 18.9. The first-order chi connectivity index (χ1) is 13.9. The van der Waals surface area contributed by atoms with Gasteiger partial charge in [0.2, 0.25) is 17.6 Å². The summed E-state index contributed by atoms with van der Waals surface area (Å²) in [6, 6.07) is 20.4. The fourth-order valence-electron chi connectivity index (χ4n) is 3.22. The highest BCUT2D eigenvalue weighted by molar-refractivity contribution is 5.55. The molecule has 0 fully saturated rings. The Morgan fingerprint density at radius 3 is 2.14 bits per heavy atom. The molecular weight excluding hydrogens is 362 g/mol. The van der Waals surface area contributed by atoms with Crippen molar-refractivity contribution < 1.29 is 9.26 Å². The zero-order chi connectivity index (χ0) is 20.4. The zero-order valence-corrected chi connectivity index (χ0v) is 17.0. The van der Waals surface area contributed by atoms with Gasteiger partial charge in [0.05, 0.1) is 0 Å². The van der Waals surface area contributed by atoms with Crippen molar-refractivity contribution in [3.8, 4) is 23.0 Å². The molecule has 146 valence electrons. The van der Waals surface area contributed by atoms with Crippen LogP contribution in [0.15, 0.2) is 71.4 Å². The molecule has 0 unspecified atom stereocenters. The number of benzene rings is 2. The maximum Gasteiger partial charge on any atom is 0.223 e. The van der Waals surface area contributed by atoms with E-state index >= 15 is 0 Å². The van der Waals surface area contributed by atoms with E-state index in [9.17, 15) is 0 Å². The highest BCUT2D eigenvalue weighted by atomic mass is 16.5. The molecule has 0 radical (unpaired) electrons. The maximum atomic E-state index is 5.94. The van der Waals surface area contributed by atoms with Crippen LogP contribution in [0.1, 0.15) is 36.4 Å². The quantitative estimate of drug-likeness (QED) is 0.430. The summed E-state index contributed by atoms with van der Waals surface area (Å²) in [5, 5.41) is 3.94. The molecule has 29 heavy (non-hydrogen) atoms. The summed E-state index contributed by atoms with van der Waals surface area (Å²) >= 11 is 0. The van der Waals surface area contributed by atoms with Crippen LogP contribution >= 0.6 is 0 Å². The van der Waals surface area contributed by atoms with E-state index in [0.717, 1.165) is 11.3 Å². The Morgan fingerprint density at radius 1 is 0.862 bits per heavy atom. The van der Waals surface area contributed by atoms with Crippen LogP contribution in [-0.4, -0.2) is 15.1 Å². The molecule has 0 N–H and O–H groups in total. The van der Waals surface area contributed by atoms with Gasteiger partial charge in [-0.3, -0.25) is 0 Å². The SMILES string of the molecule is Cc1ccc(C(C)(C)c2ccc(Oc3cc(-c4noc(C)n4)ccn3)cc2)cc1. The number of nitrogens with zero attached hydrogens (tertiary/aromatic N) is 3. The van der Waals surface area contributed by atoms with Gasteiger partial charge >= 0.3 is 0 Å². The number of ether oxygens (including phenoxy) is 1. The standard InChI is InChI=1S/C24H23N3O2/c1-16-5-7-19(8-6-16)24(3,4)20-9-11-21(12-10-20)28-22-15-18(13-14-25-22)23-26-17(2)29-27-23/h5-15H,1-4H3. The summed E-state index contributed by atoms with van der Waals surface area (Å²) in [6.45, 7) is 8.32. The molecule has 2 aromatic heterocycles. The summed E-state index contributed by atoms with van der Waals surface area (Å²) in [5.74, 6) is 2.24. The molecule has 5 heteroatoms. The van der Waals surface area contributed by atoms with Crippen LogP contribution in [0.5, 0.6) is 11.6 Å². The van der Waals surface area contributed by atoms with E-state index in [1.54, 1.807) is 19.2 Å². The lowest BCUT2D eigenvalue weighted by atomic mass is 9.78. The summed E-state index contributed by atoms with van der Waals surface area (Å²) in [6.07, 6.45) is 1.67. The van der Waals surface area contributed by atoms with E-state index in [-0.39, 0.29) is 5.41 Å². The Morgan fingerprint density at radius 2 is 1.52 bits per heavy atom. The lowest BCUT2D eigenvalue weighted by Crippen LogP contribution is -2.18. The Balaban J connectivity index is 1.53. The van der Waals surface area contributed by atoms with Gasteiger partial charge in [0.25, 0.3) is 0 Å². The molecule has 0 saturated heterocycles. The summed E-state index contributed by atoms with van der Waals surface area (Å²) in [7, 11) is 0. The number of aryl methyl sites for hydroxylation is 2. The highest BCUT2D eigenvalue weighted by Crippen LogP contribution is 2.33. The van der Waals surface area contributed by atoms with Crippen molar-refractivity contribution in [2.24, 2.45) is 0 Å². The topological polar surface area (TPSA) is 61.0 Å². The van der Waals surface area contributed by atoms with Gasteiger partial charge in [0, 0.05) is 30.2 Å². The fourth-order valence-corrected chi connectivity index (χ4v) is 3.22. The number of rotatable bonds is 5. The minimum atomic E-state index is -0.0964. The van der Waals surface area contributed by atoms with Crippen LogP contribution in [0, 0.1) is 13.8 Å². The molecule has 0 atom stereocenters. The lowest BCUT2D eigenvalue weighted by molar-refractivity contribution is 0.394. The van der Waals surface area contributed by atoms with E-state index < -0.39 is 0 Å². The number of pyridine rings is 1. The number of hydrogen-bond acceptors (Lipinski definition) is 5. The highest BCUT2D eigenvalue weighted by Gasteiger charge is 2.23. The van der Waals surface area contributed by atoms with Crippen LogP contribution in [0.3, 0.4) is 0 Å². The first-order valence-corrected chi connectivity index (χ1v) is 9.54. The molecule has 0 saturated carbocycles. The van der Waals surface area contributed by atoms with Crippen LogP contribution < -0.4 is 4.74 Å². The van der Waals surface area contributed by atoms with Gasteiger partial charge in [-0.2, -0.15) is 4.98 Å². The monoisotopic (exact) mass is 385 g/mol. The molecule has 0 aliphatic rings. The molecule has 0 spiro atoms. The van der Waals surface area contributed by atoms with Gasteiger partial charge in [-0.25, -0.2) is 4.98 Å². The third kappa shape index (κ3) is 4.04. The predicted molar refractivity (Wildman–Crippen MR) is 112 cm³/mol. The second kappa shape index (κ2) is 7.51. The van der Waals surface area contributed by atoms with Gasteiger partial charge < -0.3 is 9.26 Å². The molecule has 0 amide bonds. The minimum Gasteiger partial charge on any atom is -0.439 e. The molecule has 2 aromatic carbocycles. The first-order valence-electron chi connectivity index (χ1n) is 9.54. The van der Waals surface area contributed by atoms with Crippen molar-refractivity contribution >= 4 is 0 Å². The van der Waals surface area contributed by atoms with Gasteiger partial charge in [0.1, 0.15) is 5.75 Å². The Bertz CT molecular complexity index is 1110. The van der Waals surface area contributed by atoms with Crippen LogP contribution in [-0.2, 0) is 5.41 Å². The van der Waals surface area contributed by atoms with E-state index in [2.05, 4.69) is 72.3 Å². The van der Waals surface area contributed by atoms with E-state index in [0.29, 0.717) is 17.6 Å². The third-order valence-corrected chi connectivity index (χ3v) is 5.09. The molecule has 0 aliphatic heterocycles. The summed E-state index contributed by atoms with van der Waals surface area (Å²) in [4.78, 5) is 8.53. The van der Waals surface area contributed by atoms with Gasteiger partial charge in [0.15, 0.2) is 0 Å². The van der Waals surface area contributed by atoms with E-state index in [4.69, 9.17) is 9.26 Å². The molecule has 4 aromatic rings. The Kier molecular flexibility index (Phi) is 4.89. The van der Waals surface area contributed by atoms with Crippen LogP contribution in [0.25, 0.3) is 11.4 Å². The third-order valence-electron chi connectivity index (χ3n) is 5.09. The van der Waals surface area contributed by atoms with Crippen molar-refractivity contribution in [1.82, 2.24) is 15.1 Å². The van der Waals surface area contributed by atoms with Crippen molar-refractivity contribution in [1.29, 1.82) is 0 Å². The largest absolute Gasteiger partial charge is 0.439 e. The van der Waals surface area contributed by atoms with Gasteiger partial charge in [-0.1, -0.05) is 61.0 Å². The smallest absolute Gasteiger partial charge is 0.223 e. The molecular formula is C24H23N3O2. The molecule has 0 bridgehead atoms. The van der Waals surface area contributed by atoms with Crippen molar-refractivity contribution in [2.45, 2.75) is 33.1 Å². The van der Waals surface area contributed by atoms with Gasteiger partial charge in [-0.15, -0.1) is 0 Å². The van der Waals surface area contributed by atoms with Gasteiger partial charge in [-0.05, 0) is 36.2 Å². The van der Waals surface area contributed by atoms with Crippen molar-refractivity contribution in [3.05, 3.63) is 89.4 Å². The molecule has 4 rings (SSSR count). The predicted octanol–water partition coefficient (Wildman–Crippen LogP) is 5.87. The second-order valence-electron chi connectivity index (χ2n) is 7.64. The summed E-state index contributed by atoms with van der Waals surface area (Å²) < 4.78 is 11.0. The van der Waals surface area contributed by atoms with E-state index in [1.807, 2.05) is 18.2 Å². The summed E-state index contributed by atoms with van der Waals surface area (Å²) in [5.41, 5.74) is 4.46. The van der Waals surface area contributed by atoms with Crippen LogP contribution in [0.2, 0.25) is 0 Å². The number of hydrogen-bond donors (Lipinski definition) is 0. The average Bonchev–Trinajstić information content (AvgIpc) is 3.15. The minimum absolute atomic E-state index is 0.0964. The number of aromatic nitrogens is 3. The van der Waals surface area contributed by atoms with Crippen molar-refractivity contribution in [3.63, 3.8) is 0 Å². The van der Waals surface area contributed by atoms with E-state index in [1.165, 1.54) is 16.7 Å². The van der Waals surface area contributed by atoms with Crippen LogP contribution in [0.4, 0.5) is 0 Å². The fraction of sp³-hybridized carbons (Fsp3) is 0.208. The average molecular weight is 385 g/mol. The normalized spacial score (nSPS) is 11.4. The molecule has 0 aliphatic carbocycles. The maximum absolute atomic E-state index is 5.94. The zero-order valence-electron chi connectivity index (χ0n) is 17.0. The van der Waals surface area contributed by atoms with Crippen molar-refractivity contribution in [2.75, 3.05) is 0 Å².